The SMILES string of the molecule is CC(=O)c1ccc2n1Cc1cccc(F)c1OC21CCN(C)CC1. The second-order valence-corrected chi connectivity index (χ2v) is 6.87. The van der Waals surface area contributed by atoms with Crippen LogP contribution in [0.5, 0.6) is 5.75 Å². The number of fused-ring (bicyclic) bond motifs is 3. The monoisotopic (exact) mass is 328 g/mol. The summed E-state index contributed by atoms with van der Waals surface area (Å²) in [6.07, 6.45) is 1.55. The molecule has 4 nitrogen and oxygen atoms in total. The molecule has 0 amide bonds. The Morgan fingerprint density at radius 3 is 2.67 bits per heavy atom. The van der Waals surface area contributed by atoms with Crippen molar-refractivity contribution in [3.63, 3.8) is 0 Å². The first-order valence-corrected chi connectivity index (χ1v) is 8.36. The molecule has 1 saturated heterocycles. The summed E-state index contributed by atoms with van der Waals surface area (Å²) >= 11 is 0. The molecule has 2 aliphatic rings. The number of hydrogen-bond donors (Lipinski definition) is 0. The lowest BCUT2D eigenvalue weighted by Crippen LogP contribution is -2.45. The molecule has 0 aliphatic carbocycles. The van der Waals surface area contributed by atoms with E-state index >= 15 is 0 Å². The van der Waals surface area contributed by atoms with Gasteiger partial charge < -0.3 is 14.2 Å². The zero-order chi connectivity index (χ0) is 16.9. The summed E-state index contributed by atoms with van der Waals surface area (Å²) in [7, 11) is 2.08. The van der Waals surface area contributed by atoms with E-state index < -0.39 is 5.60 Å². The van der Waals surface area contributed by atoms with E-state index in [1.54, 1.807) is 13.0 Å². The number of carbonyl (C=O) groups excluding carboxylic acids is 1. The molecule has 126 valence electrons. The van der Waals surface area contributed by atoms with Crippen LogP contribution in [0.15, 0.2) is 30.3 Å². The molecule has 24 heavy (non-hydrogen) atoms. The highest BCUT2D eigenvalue weighted by Crippen LogP contribution is 2.43. The number of ether oxygens (including phenoxy) is 1. The smallest absolute Gasteiger partial charge is 0.176 e. The fraction of sp³-hybridized carbons (Fsp3) is 0.421. The molecule has 0 saturated carbocycles. The highest BCUT2D eigenvalue weighted by atomic mass is 19.1. The Balaban J connectivity index is 1.92. The summed E-state index contributed by atoms with van der Waals surface area (Å²) < 4.78 is 22.8. The Kier molecular flexibility index (Phi) is 3.49. The van der Waals surface area contributed by atoms with Gasteiger partial charge in [0, 0.05) is 38.4 Å². The molecule has 2 aromatic rings. The van der Waals surface area contributed by atoms with Gasteiger partial charge in [0.25, 0.3) is 0 Å². The molecule has 4 rings (SSSR count). The number of carbonyl (C=O) groups is 1. The minimum Gasteiger partial charge on any atom is -0.478 e. The van der Waals surface area contributed by atoms with Crippen LogP contribution in [0.4, 0.5) is 4.39 Å². The topological polar surface area (TPSA) is 34.5 Å². The van der Waals surface area contributed by atoms with E-state index in [-0.39, 0.29) is 11.6 Å². The summed E-state index contributed by atoms with van der Waals surface area (Å²) in [4.78, 5) is 14.3. The summed E-state index contributed by atoms with van der Waals surface area (Å²) in [5.41, 5.74) is 1.85. The fourth-order valence-electron chi connectivity index (χ4n) is 3.89. The summed E-state index contributed by atoms with van der Waals surface area (Å²) in [5, 5.41) is 0. The highest BCUT2D eigenvalue weighted by molar-refractivity contribution is 5.92. The molecule has 1 aromatic carbocycles. The van der Waals surface area contributed by atoms with Crippen LogP contribution in [0.25, 0.3) is 0 Å². The van der Waals surface area contributed by atoms with Gasteiger partial charge >= 0.3 is 0 Å². The van der Waals surface area contributed by atoms with Gasteiger partial charge in [-0.05, 0) is 25.2 Å². The highest BCUT2D eigenvalue weighted by Gasteiger charge is 2.43. The number of rotatable bonds is 1. The van der Waals surface area contributed by atoms with E-state index in [1.165, 1.54) is 6.07 Å². The fourth-order valence-corrected chi connectivity index (χ4v) is 3.89. The molecule has 2 aliphatic heterocycles. The summed E-state index contributed by atoms with van der Waals surface area (Å²) in [6.45, 7) is 3.79. The van der Waals surface area contributed by atoms with E-state index in [1.807, 2.05) is 22.8 Å². The quantitative estimate of drug-likeness (QED) is 0.754. The molecule has 0 radical (unpaired) electrons. The Hall–Kier alpha value is -2.14. The molecule has 0 bridgehead atoms. The van der Waals surface area contributed by atoms with Crippen molar-refractivity contribution in [3.8, 4) is 5.75 Å². The minimum atomic E-state index is -0.576. The van der Waals surface area contributed by atoms with Crippen LogP contribution in [-0.4, -0.2) is 35.4 Å². The number of likely N-dealkylation sites (tertiary alicyclic amines) is 1. The van der Waals surface area contributed by atoms with Gasteiger partial charge in [-0.2, -0.15) is 0 Å². The van der Waals surface area contributed by atoms with Crippen LogP contribution in [0.3, 0.4) is 0 Å². The standard InChI is InChI=1S/C19H21FN2O2/c1-13(23)16-6-7-17-19(8-10-21(2)11-9-19)24-18-14(12-22(16)17)4-3-5-15(18)20/h3-7H,8-12H2,1-2H3. The molecule has 1 fully saturated rings. The first-order chi connectivity index (χ1) is 11.5. The molecule has 5 heteroatoms. The first-order valence-electron chi connectivity index (χ1n) is 8.36. The van der Waals surface area contributed by atoms with Crippen molar-refractivity contribution in [2.75, 3.05) is 20.1 Å². The molecule has 1 aromatic heterocycles. The van der Waals surface area contributed by atoms with Crippen LogP contribution in [0.2, 0.25) is 0 Å². The molecule has 0 atom stereocenters. The first kappa shape index (κ1) is 15.4. The lowest BCUT2D eigenvalue weighted by molar-refractivity contribution is -0.00252. The van der Waals surface area contributed by atoms with E-state index in [2.05, 4.69) is 11.9 Å². The van der Waals surface area contributed by atoms with E-state index in [0.717, 1.165) is 37.2 Å². The lowest BCUT2D eigenvalue weighted by Gasteiger charge is -2.40. The number of halogens is 1. The van der Waals surface area contributed by atoms with Crippen LogP contribution in [0, 0.1) is 5.82 Å². The normalized spacial score (nSPS) is 19.3. The third kappa shape index (κ3) is 2.26. The van der Waals surface area contributed by atoms with Gasteiger partial charge in [-0.1, -0.05) is 12.1 Å². The summed E-state index contributed by atoms with van der Waals surface area (Å²) in [6, 6.07) is 8.85. The van der Waals surface area contributed by atoms with E-state index in [0.29, 0.717) is 18.0 Å². The molecule has 1 spiro atoms. The average Bonchev–Trinajstić information content (AvgIpc) is 2.92. The van der Waals surface area contributed by atoms with E-state index in [4.69, 9.17) is 4.74 Å². The predicted octanol–water partition coefficient (Wildman–Crippen LogP) is 3.19. The second kappa shape index (κ2) is 5.45. The maximum Gasteiger partial charge on any atom is 0.176 e. The number of para-hydroxylation sites is 1. The molecular formula is C19H21FN2O2. The van der Waals surface area contributed by atoms with Crippen LogP contribution in [-0.2, 0) is 12.1 Å². The number of aromatic nitrogens is 1. The van der Waals surface area contributed by atoms with Gasteiger partial charge in [0.05, 0.1) is 17.9 Å². The zero-order valence-electron chi connectivity index (χ0n) is 14.0. The lowest BCUT2D eigenvalue weighted by atomic mass is 9.88. The Morgan fingerprint density at radius 2 is 1.96 bits per heavy atom. The third-order valence-electron chi connectivity index (χ3n) is 5.28. The van der Waals surface area contributed by atoms with Crippen molar-refractivity contribution >= 4 is 5.78 Å². The van der Waals surface area contributed by atoms with Gasteiger partial charge in [0.15, 0.2) is 23.0 Å². The maximum atomic E-state index is 14.4. The number of piperidine rings is 1. The predicted molar refractivity (Wildman–Crippen MR) is 89.0 cm³/mol. The Bertz CT molecular complexity index is 804. The van der Waals surface area contributed by atoms with Gasteiger partial charge in [0.1, 0.15) is 0 Å². The van der Waals surface area contributed by atoms with Crippen molar-refractivity contribution in [3.05, 3.63) is 53.1 Å². The number of hydrogen-bond acceptors (Lipinski definition) is 3. The third-order valence-corrected chi connectivity index (χ3v) is 5.28. The van der Waals surface area contributed by atoms with Crippen LogP contribution >= 0.6 is 0 Å². The van der Waals surface area contributed by atoms with Crippen molar-refractivity contribution in [1.29, 1.82) is 0 Å². The molecule has 0 unspecified atom stereocenters. The van der Waals surface area contributed by atoms with Gasteiger partial charge in [-0.3, -0.25) is 4.79 Å². The van der Waals surface area contributed by atoms with Crippen molar-refractivity contribution < 1.29 is 13.9 Å². The number of Topliss-reactive ketones (excluding diaryl/α,β-unsaturated/α-hetero) is 1. The van der Waals surface area contributed by atoms with Gasteiger partial charge in [-0.15, -0.1) is 0 Å². The number of benzene rings is 1. The molecule has 3 heterocycles. The van der Waals surface area contributed by atoms with E-state index in [9.17, 15) is 9.18 Å². The number of nitrogens with zero attached hydrogens (tertiary/aromatic N) is 2. The Labute approximate surface area is 140 Å². The average molecular weight is 328 g/mol. The van der Waals surface area contributed by atoms with Crippen molar-refractivity contribution in [2.45, 2.75) is 31.9 Å². The molecular weight excluding hydrogens is 307 g/mol. The zero-order valence-corrected chi connectivity index (χ0v) is 14.0. The minimum absolute atomic E-state index is 0.0178. The van der Waals surface area contributed by atoms with Gasteiger partial charge in [-0.25, -0.2) is 4.39 Å². The number of ketones is 1. The van der Waals surface area contributed by atoms with Crippen molar-refractivity contribution in [1.82, 2.24) is 9.47 Å². The summed E-state index contributed by atoms with van der Waals surface area (Å²) in [5.74, 6) is 0.0189. The largest absolute Gasteiger partial charge is 0.478 e. The maximum absolute atomic E-state index is 14.4. The van der Waals surface area contributed by atoms with Crippen molar-refractivity contribution in [2.24, 2.45) is 0 Å². The van der Waals surface area contributed by atoms with Crippen LogP contribution in [0.1, 0.15) is 41.5 Å². The van der Waals surface area contributed by atoms with Gasteiger partial charge in [0.2, 0.25) is 0 Å². The second-order valence-electron chi connectivity index (χ2n) is 6.87. The van der Waals surface area contributed by atoms with Crippen LogP contribution < -0.4 is 4.74 Å². The Morgan fingerprint density at radius 1 is 1.21 bits per heavy atom. The molecule has 0 N–H and O–H groups in total.